The molecule has 6 nitrogen and oxygen atoms in total. The van der Waals surface area contributed by atoms with Gasteiger partial charge in [-0.25, -0.2) is 4.79 Å². The van der Waals surface area contributed by atoms with E-state index in [2.05, 4.69) is 0 Å². The molecule has 7 heteroatoms. The lowest BCUT2D eigenvalue weighted by Gasteiger charge is -2.26. The van der Waals surface area contributed by atoms with Gasteiger partial charge in [0, 0.05) is 12.2 Å². The Morgan fingerprint density at radius 2 is 2.05 bits per heavy atom. The number of carboxylic acids is 1. The number of amides is 1. The number of nitrogen functional groups attached to an aromatic ring is 1. The van der Waals surface area contributed by atoms with Crippen molar-refractivity contribution in [2.45, 2.75) is 19.8 Å². The number of nitrogens with two attached hydrogens (primary N) is 2. The van der Waals surface area contributed by atoms with Gasteiger partial charge in [0.15, 0.2) is 0 Å². The highest BCUT2D eigenvalue weighted by Gasteiger charge is 2.21. The van der Waals surface area contributed by atoms with Gasteiger partial charge in [-0.1, -0.05) is 24.9 Å². The highest BCUT2D eigenvalue weighted by molar-refractivity contribution is 6.34. The van der Waals surface area contributed by atoms with Gasteiger partial charge in [0.1, 0.15) is 0 Å². The summed E-state index contributed by atoms with van der Waals surface area (Å²) in [5.74, 6) is -1.70. The van der Waals surface area contributed by atoms with Crippen LogP contribution < -0.4 is 16.4 Å². The molecule has 0 bridgehead atoms. The molecule has 0 aliphatic carbocycles. The Hall–Kier alpha value is -1.95. The fraction of sp³-hybridized carbons (Fsp3) is 0.385. The fourth-order valence-corrected chi connectivity index (χ4v) is 2.26. The summed E-state index contributed by atoms with van der Waals surface area (Å²) in [6, 6.07) is 2.78. The number of benzene rings is 1. The van der Waals surface area contributed by atoms with E-state index in [1.807, 2.05) is 6.92 Å². The number of nitrogens with zero attached hydrogens (tertiary/aromatic N) is 1. The largest absolute Gasteiger partial charge is 0.478 e. The SMILES string of the molecule is CCCCN(CC(N)=O)c1c(Cl)cc(N)cc1C(=O)O. The van der Waals surface area contributed by atoms with Crippen molar-refractivity contribution in [2.24, 2.45) is 5.73 Å². The highest BCUT2D eigenvalue weighted by atomic mass is 35.5. The van der Waals surface area contributed by atoms with Crippen LogP contribution in [0.5, 0.6) is 0 Å². The van der Waals surface area contributed by atoms with E-state index >= 15 is 0 Å². The topological polar surface area (TPSA) is 110 Å². The van der Waals surface area contributed by atoms with Crippen molar-refractivity contribution < 1.29 is 14.7 Å². The summed E-state index contributed by atoms with van der Waals surface area (Å²) in [6.45, 7) is 2.39. The quantitative estimate of drug-likeness (QED) is 0.664. The molecule has 0 saturated carbocycles. The van der Waals surface area contributed by atoms with E-state index in [1.165, 1.54) is 12.1 Å². The van der Waals surface area contributed by atoms with Gasteiger partial charge in [-0.2, -0.15) is 0 Å². The molecule has 1 aromatic carbocycles. The van der Waals surface area contributed by atoms with Crippen LogP contribution in [0, 0.1) is 0 Å². The van der Waals surface area contributed by atoms with Crippen LogP contribution in [0.4, 0.5) is 11.4 Å². The molecule has 5 N–H and O–H groups in total. The van der Waals surface area contributed by atoms with Gasteiger partial charge in [-0.15, -0.1) is 0 Å². The van der Waals surface area contributed by atoms with Crippen LogP contribution in [-0.2, 0) is 4.79 Å². The van der Waals surface area contributed by atoms with Crippen molar-refractivity contribution in [3.63, 3.8) is 0 Å². The molecule has 0 spiro atoms. The average Bonchev–Trinajstić information content (AvgIpc) is 2.33. The van der Waals surface area contributed by atoms with Crippen molar-refractivity contribution in [3.8, 4) is 0 Å². The van der Waals surface area contributed by atoms with Crippen LogP contribution in [0.2, 0.25) is 5.02 Å². The maximum atomic E-state index is 11.3. The number of hydrogen-bond donors (Lipinski definition) is 3. The van der Waals surface area contributed by atoms with Crippen LogP contribution in [-0.4, -0.2) is 30.1 Å². The molecule has 0 atom stereocenters. The van der Waals surface area contributed by atoms with Crippen molar-refractivity contribution >= 4 is 34.9 Å². The van der Waals surface area contributed by atoms with E-state index in [-0.39, 0.29) is 28.5 Å². The number of carboxylic acid groups (broad SMARTS) is 1. The summed E-state index contributed by atoms with van der Waals surface area (Å²) in [5, 5.41) is 9.46. The monoisotopic (exact) mass is 299 g/mol. The minimum atomic E-state index is -1.15. The first kappa shape index (κ1) is 16.1. The molecule has 20 heavy (non-hydrogen) atoms. The van der Waals surface area contributed by atoms with Crippen molar-refractivity contribution in [1.29, 1.82) is 0 Å². The summed E-state index contributed by atoms with van der Waals surface area (Å²) < 4.78 is 0. The van der Waals surface area contributed by atoms with Crippen molar-refractivity contribution in [3.05, 3.63) is 22.7 Å². The third-order valence-corrected chi connectivity index (χ3v) is 3.05. The van der Waals surface area contributed by atoms with Gasteiger partial charge >= 0.3 is 5.97 Å². The summed E-state index contributed by atoms with van der Waals surface area (Å²) >= 11 is 6.10. The predicted octanol–water partition coefficient (Wildman–Crippen LogP) is 1.71. The third kappa shape index (κ3) is 4.03. The first-order chi connectivity index (χ1) is 9.36. The number of rotatable bonds is 7. The zero-order valence-corrected chi connectivity index (χ0v) is 12.0. The molecule has 1 rings (SSSR count). The van der Waals surface area contributed by atoms with E-state index in [9.17, 15) is 14.7 Å². The Labute approximate surface area is 122 Å². The average molecular weight is 300 g/mol. The summed E-state index contributed by atoms with van der Waals surface area (Å²) in [6.07, 6.45) is 1.68. The Balaban J connectivity index is 3.29. The predicted molar refractivity (Wildman–Crippen MR) is 79.1 cm³/mol. The van der Waals surface area contributed by atoms with Crippen molar-refractivity contribution in [1.82, 2.24) is 0 Å². The molecule has 0 saturated heterocycles. The lowest BCUT2D eigenvalue weighted by molar-refractivity contribution is -0.116. The smallest absolute Gasteiger partial charge is 0.337 e. The van der Waals surface area contributed by atoms with E-state index in [0.717, 1.165) is 12.8 Å². The molecule has 0 aromatic heterocycles. The first-order valence-corrected chi connectivity index (χ1v) is 6.60. The molecule has 0 heterocycles. The molecule has 0 fully saturated rings. The van der Waals surface area contributed by atoms with Gasteiger partial charge in [0.05, 0.1) is 22.8 Å². The number of anilines is 2. The molecule has 0 unspecified atom stereocenters. The van der Waals surface area contributed by atoms with Crippen LogP contribution in [0.3, 0.4) is 0 Å². The molecule has 0 aliphatic rings. The van der Waals surface area contributed by atoms with E-state index in [0.29, 0.717) is 6.54 Å². The third-order valence-electron chi connectivity index (χ3n) is 2.76. The lowest BCUT2D eigenvalue weighted by Crippen LogP contribution is -2.35. The van der Waals surface area contributed by atoms with Gasteiger partial charge in [-0.05, 0) is 18.6 Å². The zero-order chi connectivity index (χ0) is 15.3. The second-order valence-electron chi connectivity index (χ2n) is 4.45. The summed E-state index contributed by atoms with van der Waals surface area (Å²) in [5.41, 5.74) is 11.3. The number of unbranched alkanes of at least 4 members (excludes halogenated alkanes) is 1. The van der Waals surface area contributed by atoms with Crippen LogP contribution in [0.1, 0.15) is 30.1 Å². The van der Waals surface area contributed by atoms with Gasteiger partial charge in [0.25, 0.3) is 0 Å². The Morgan fingerprint density at radius 1 is 1.40 bits per heavy atom. The number of hydrogen-bond acceptors (Lipinski definition) is 4. The van der Waals surface area contributed by atoms with Crippen LogP contribution in [0.25, 0.3) is 0 Å². The normalized spacial score (nSPS) is 10.3. The molecule has 0 aliphatic heterocycles. The number of aromatic carboxylic acids is 1. The van der Waals surface area contributed by atoms with Gasteiger partial charge in [0.2, 0.25) is 5.91 Å². The molecule has 110 valence electrons. The lowest BCUT2D eigenvalue weighted by atomic mass is 10.1. The minimum Gasteiger partial charge on any atom is -0.478 e. The summed E-state index contributed by atoms with van der Waals surface area (Å²) in [4.78, 5) is 24.1. The maximum absolute atomic E-state index is 11.3. The van der Waals surface area contributed by atoms with Crippen LogP contribution in [0.15, 0.2) is 12.1 Å². The first-order valence-electron chi connectivity index (χ1n) is 6.22. The zero-order valence-electron chi connectivity index (χ0n) is 11.2. The fourth-order valence-electron chi connectivity index (χ4n) is 1.91. The van der Waals surface area contributed by atoms with Crippen molar-refractivity contribution in [2.75, 3.05) is 23.7 Å². The standard InChI is InChI=1S/C13H18ClN3O3/c1-2-3-4-17(7-11(16)18)12-9(13(19)20)5-8(15)6-10(12)14/h5-6H,2-4,7,15H2,1H3,(H2,16,18)(H,19,20). The van der Waals surface area contributed by atoms with Crippen LogP contribution >= 0.6 is 11.6 Å². The Morgan fingerprint density at radius 3 is 2.55 bits per heavy atom. The van der Waals surface area contributed by atoms with E-state index < -0.39 is 11.9 Å². The van der Waals surface area contributed by atoms with E-state index in [4.69, 9.17) is 23.1 Å². The number of carbonyl (C=O) groups is 2. The highest BCUT2D eigenvalue weighted by Crippen LogP contribution is 2.32. The number of carbonyl (C=O) groups excluding carboxylic acids is 1. The molecular formula is C13H18ClN3O3. The minimum absolute atomic E-state index is 0.0349. The molecular weight excluding hydrogens is 282 g/mol. The second-order valence-corrected chi connectivity index (χ2v) is 4.85. The second kappa shape index (κ2) is 7.00. The van der Waals surface area contributed by atoms with Gasteiger partial charge < -0.3 is 21.5 Å². The number of primary amides is 1. The maximum Gasteiger partial charge on any atom is 0.337 e. The Kier molecular flexibility index (Phi) is 5.64. The molecule has 1 amide bonds. The van der Waals surface area contributed by atoms with Gasteiger partial charge in [-0.3, -0.25) is 4.79 Å². The number of halogens is 1. The molecule has 0 radical (unpaired) electrons. The summed E-state index contributed by atoms with van der Waals surface area (Å²) in [7, 11) is 0. The van der Waals surface area contributed by atoms with E-state index in [1.54, 1.807) is 4.90 Å². The Bertz CT molecular complexity index is 520. The molecule has 1 aromatic rings.